The number of methoxy groups -OCH3 is 1. The van der Waals surface area contributed by atoms with E-state index in [1.807, 2.05) is 24.3 Å². The molecule has 7 heteroatoms. The maximum Gasteiger partial charge on any atom is 0.237 e. The molecule has 0 atom stereocenters. The first-order valence-corrected chi connectivity index (χ1v) is 8.80. The number of thioether (sulfide) groups is 1. The van der Waals surface area contributed by atoms with E-state index in [1.54, 1.807) is 30.0 Å². The van der Waals surface area contributed by atoms with Crippen LogP contribution in [0.1, 0.15) is 6.42 Å². The number of nitrogens with one attached hydrogen (secondary N) is 2. The first-order chi connectivity index (χ1) is 12.1. The van der Waals surface area contributed by atoms with Gasteiger partial charge in [-0.1, -0.05) is 35.5 Å². The summed E-state index contributed by atoms with van der Waals surface area (Å²) in [5.41, 5.74) is 2.16. The van der Waals surface area contributed by atoms with Gasteiger partial charge in [0.15, 0.2) is 0 Å². The summed E-state index contributed by atoms with van der Waals surface area (Å²) in [6.45, 7) is 0. The minimum absolute atomic E-state index is 0.147. The van der Waals surface area contributed by atoms with Crippen molar-refractivity contribution < 1.29 is 9.53 Å². The van der Waals surface area contributed by atoms with E-state index in [-0.39, 0.29) is 18.2 Å². The second kappa shape index (κ2) is 6.13. The highest BCUT2D eigenvalue weighted by atomic mass is 35.5. The van der Waals surface area contributed by atoms with Crippen LogP contribution in [0.25, 0.3) is 0 Å². The molecule has 2 aliphatic rings. The Hall–Kier alpha value is -2.44. The summed E-state index contributed by atoms with van der Waals surface area (Å²) >= 11 is 7.62. The number of rotatable bonds is 2. The van der Waals surface area contributed by atoms with Gasteiger partial charge >= 0.3 is 0 Å². The minimum Gasteiger partial charge on any atom is -0.495 e. The van der Waals surface area contributed by atoms with Crippen molar-refractivity contribution in [2.45, 2.75) is 11.3 Å². The molecule has 1 saturated heterocycles. The lowest BCUT2D eigenvalue weighted by Crippen LogP contribution is -2.29. The van der Waals surface area contributed by atoms with Gasteiger partial charge < -0.3 is 10.1 Å². The van der Waals surface area contributed by atoms with Crippen molar-refractivity contribution in [1.29, 1.82) is 5.41 Å². The number of carbonyl (C=O) groups excluding carboxylic acids is 1. The van der Waals surface area contributed by atoms with Crippen molar-refractivity contribution in [3.05, 3.63) is 58.1 Å². The Kier molecular flexibility index (Phi) is 3.94. The molecular weight excluding hydrogens is 358 g/mol. The number of hydrogen-bond donors (Lipinski definition) is 2. The first kappa shape index (κ1) is 16.1. The quantitative estimate of drug-likeness (QED) is 0.816. The molecule has 2 N–H and O–H groups in total. The average molecular weight is 372 g/mol. The van der Waals surface area contributed by atoms with Crippen LogP contribution in [0, 0.1) is 5.41 Å². The highest BCUT2D eigenvalue weighted by Crippen LogP contribution is 2.45. The summed E-state index contributed by atoms with van der Waals surface area (Å²) in [5, 5.41) is 13.2. The summed E-state index contributed by atoms with van der Waals surface area (Å²) in [5.74, 6) is 0.476. The molecule has 1 fully saturated rings. The van der Waals surface area contributed by atoms with Crippen LogP contribution in [0.15, 0.2) is 58.0 Å². The van der Waals surface area contributed by atoms with E-state index in [1.165, 1.54) is 12.0 Å². The normalized spacial score (nSPS) is 19.2. The van der Waals surface area contributed by atoms with Crippen molar-refractivity contribution >= 4 is 46.5 Å². The van der Waals surface area contributed by atoms with E-state index in [4.69, 9.17) is 21.7 Å². The zero-order valence-corrected chi connectivity index (χ0v) is 14.9. The largest absolute Gasteiger partial charge is 0.495 e. The zero-order valence-electron chi connectivity index (χ0n) is 13.3. The van der Waals surface area contributed by atoms with Gasteiger partial charge in [0.25, 0.3) is 0 Å². The summed E-state index contributed by atoms with van der Waals surface area (Å²) in [6.07, 6.45) is 0.165. The Labute approximate surface area is 154 Å². The fraction of sp³-hybridized carbons (Fsp3) is 0.111. The maximum atomic E-state index is 12.6. The number of hydrogen-bond acceptors (Lipinski definition) is 5. The third-order valence-electron chi connectivity index (χ3n) is 4.09. The van der Waals surface area contributed by atoms with Crippen LogP contribution in [-0.4, -0.2) is 18.9 Å². The lowest BCUT2D eigenvalue weighted by atomic mass is 10.2. The van der Waals surface area contributed by atoms with Crippen LogP contribution in [-0.2, 0) is 4.79 Å². The molecule has 5 nitrogen and oxygen atoms in total. The molecule has 2 aromatic carbocycles. The molecule has 25 heavy (non-hydrogen) atoms. The predicted molar refractivity (Wildman–Crippen MR) is 101 cm³/mol. The van der Waals surface area contributed by atoms with Crippen LogP contribution in [0.3, 0.4) is 0 Å². The van der Waals surface area contributed by atoms with E-state index in [0.29, 0.717) is 22.0 Å². The number of fused-ring (bicyclic) bond motifs is 1. The number of carbonyl (C=O) groups is 1. The smallest absolute Gasteiger partial charge is 0.237 e. The summed E-state index contributed by atoms with van der Waals surface area (Å²) in [4.78, 5) is 15.1. The zero-order chi connectivity index (χ0) is 17.6. The fourth-order valence-corrected chi connectivity index (χ4v) is 4.12. The maximum absolute atomic E-state index is 12.6. The van der Waals surface area contributed by atoms with Gasteiger partial charge in [0.1, 0.15) is 11.6 Å². The van der Waals surface area contributed by atoms with Crippen LogP contribution in [0.4, 0.5) is 11.4 Å². The van der Waals surface area contributed by atoms with Crippen LogP contribution >= 0.6 is 23.4 Å². The Balaban J connectivity index is 1.73. The van der Waals surface area contributed by atoms with Gasteiger partial charge in [0.05, 0.1) is 29.9 Å². The number of ether oxygens (including phenoxy) is 1. The van der Waals surface area contributed by atoms with Crippen LogP contribution in [0.5, 0.6) is 5.75 Å². The van der Waals surface area contributed by atoms with Gasteiger partial charge in [-0.3, -0.25) is 15.1 Å². The van der Waals surface area contributed by atoms with E-state index >= 15 is 0 Å². The Bertz CT molecular complexity index is 915. The molecule has 0 bridgehead atoms. The van der Waals surface area contributed by atoms with Crippen molar-refractivity contribution in [2.24, 2.45) is 0 Å². The van der Waals surface area contributed by atoms with Gasteiger partial charge in [0, 0.05) is 15.5 Å². The topological polar surface area (TPSA) is 65.4 Å². The SMILES string of the molecule is COc1ccc(Cl)cc1N1C(=N)/C(=C2\Nc3ccccc3S2)CC1=O. The van der Waals surface area contributed by atoms with Crippen molar-refractivity contribution in [3.8, 4) is 5.75 Å². The summed E-state index contributed by atoms with van der Waals surface area (Å²) in [6, 6.07) is 12.9. The Morgan fingerprint density at radius 3 is 2.84 bits per heavy atom. The number of amides is 1. The molecule has 0 aromatic heterocycles. The molecular formula is C18H14ClN3O2S. The number of amidine groups is 1. The molecule has 2 aromatic rings. The first-order valence-electron chi connectivity index (χ1n) is 7.61. The highest BCUT2D eigenvalue weighted by Gasteiger charge is 2.37. The third-order valence-corrected chi connectivity index (χ3v) is 5.45. The third kappa shape index (κ3) is 2.67. The molecule has 2 heterocycles. The molecule has 0 aliphatic carbocycles. The standard InChI is InChI=1S/C18H14ClN3O2S/c1-24-14-7-6-10(19)8-13(14)22-16(23)9-11(17(22)20)18-21-12-4-2-3-5-15(12)25-18/h2-8,20-21H,9H2,1H3/b18-11+,20-17?. The summed E-state index contributed by atoms with van der Waals surface area (Å²) < 4.78 is 5.33. The molecule has 126 valence electrons. The Morgan fingerprint density at radius 1 is 1.28 bits per heavy atom. The van der Waals surface area contributed by atoms with Gasteiger partial charge in [0.2, 0.25) is 5.91 Å². The van der Waals surface area contributed by atoms with Crippen molar-refractivity contribution in [3.63, 3.8) is 0 Å². The molecule has 1 amide bonds. The van der Waals surface area contributed by atoms with Crippen molar-refractivity contribution in [1.82, 2.24) is 0 Å². The number of halogens is 1. The number of anilines is 2. The van der Waals surface area contributed by atoms with Crippen molar-refractivity contribution in [2.75, 3.05) is 17.3 Å². The second-order valence-electron chi connectivity index (χ2n) is 5.60. The lowest BCUT2D eigenvalue weighted by Gasteiger charge is -2.19. The second-order valence-corrected chi connectivity index (χ2v) is 7.09. The van der Waals surface area contributed by atoms with Crippen LogP contribution < -0.4 is 15.0 Å². The van der Waals surface area contributed by atoms with E-state index in [2.05, 4.69) is 5.32 Å². The lowest BCUT2D eigenvalue weighted by molar-refractivity contribution is -0.116. The molecule has 0 unspecified atom stereocenters. The van der Waals surface area contributed by atoms with Gasteiger partial charge in [-0.25, -0.2) is 0 Å². The fourth-order valence-electron chi connectivity index (χ4n) is 2.91. The summed E-state index contributed by atoms with van der Waals surface area (Å²) in [7, 11) is 1.53. The van der Waals surface area contributed by atoms with Crippen LogP contribution in [0.2, 0.25) is 5.02 Å². The highest BCUT2D eigenvalue weighted by molar-refractivity contribution is 8.03. The molecule has 0 radical (unpaired) electrons. The van der Waals surface area contributed by atoms with Gasteiger partial charge in [-0.15, -0.1) is 0 Å². The predicted octanol–water partition coefficient (Wildman–Crippen LogP) is 4.49. The molecule has 2 aliphatic heterocycles. The number of benzene rings is 2. The van der Waals surface area contributed by atoms with Gasteiger partial charge in [-0.05, 0) is 30.3 Å². The molecule has 4 rings (SSSR count). The molecule has 0 saturated carbocycles. The van der Waals surface area contributed by atoms with E-state index < -0.39 is 0 Å². The number of nitrogens with zero attached hydrogens (tertiary/aromatic N) is 1. The monoisotopic (exact) mass is 371 g/mol. The Morgan fingerprint density at radius 2 is 2.08 bits per heavy atom. The van der Waals surface area contributed by atoms with E-state index in [9.17, 15) is 4.79 Å². The number of para-hydroxylation sites is 1. The average Bonchev–Trinajstić information content (AvgIpc) is 3.15. The van der Waals surface area contributed by atoms with E-state index in [0.717, 1.165) is 15.6 Å². The molecule has 0 spiro atoms. The van der Waals surface area contributed by atoms with Gasteiger partial charge in [-0.2, -0.15) is 0 Å². The minimum atomic E-state index is -0.175.